The van der Waals surface area contributed by atoms with Gasteiger partial charge in [-0.05, 0) is 61.8 Å². The molecule has 1 heteroatoms. The molecule has 0 heterocycles. The van der Waals surface area contributed by atoms with E-state index < -0.39 is 0 Å². The normalized spacial score (nSPS) is 36.0. The van der Waals surface area contributed by atoms with E-state index in [0.717, 1.165) is 23.8 Å². The third kappa shape index (κ3) is 3.48. The summed E-state index contributed by atoms with van der Waals surface area (Å²) in [4.78, 5) is 0. The number of rotatable bonds is 4. The molecule has 0 aromatic rings. The van der Waals surface area contributed by atoms with Gasteiger partial charge >= 0.3 is 0 Å². The molecule has 1 N–H and O–H groups in total. The smallest absolute Gasteiger partial charge is 0.00748 e. The Labute approximate surface area is 101 Å². The van der Waals surface area contributed by atoms with Gasteiger partial charge in [-0.2, -0.15) is 0 Å². The van der Waals surface area contributed by atoms with Crippen molar-refractivity contribution in [2.45, 2.75) is 65.8 Å². The van der Waals surface area contributed by atoms with Crippen LogP contribution in [0.25, 0.3) is 0 Å². The molecule has 0 amide bonds. The summed E-state index contributed by atoms with van der Waals surface area (Å²) >= 11 is 0. The molecule has 0 aromatic carbocycles. The van der Waals surface area contributed by atoms with Crippen molar-refractivity contribution < 1.29 is 0 Å². The van der Waals surface area contributed by atoms with E-state index in [9.17, 15) is 0 Å². The lowest BCUT2D eigenvalue weighted by atomic mass is 9.70. The van der Waals surface area contributed by atoms with Crippen LogP contribution < -0.4 is 5.32 Å². The topological polar surface area (TPSA) is 12.0 Å². The first-order chi connectivity index (χ1) is 7.46. The molecule has 2 aliphatic carbocycles. The first kappa shape index (κ1) is 12.4. The van der Waals surface area contributed by atoms with E-state index in [1.807, 2.05) is 0 Å². The van der Waals surface area contributed by atoms with Gasteiger partial charge in [-0.1, -0.05) is 27.7 Å². The lowest BCUT2D eigenvalue weighted by Crippen LogP contribution is -2.41. The fraction of sp³-hybridized carbons (Fsp3) is 1.00. The van der Waals surface area contributed by atoms with Gasteiger partial charge in [0.05, 0.1) is 0 Å². The van der Waals surface area contributed by atoms with E-state index in [0.29, 0.717) is 5.41 Å². The van der Waals surface area contributed by atoms with Crippen LogP contribution in [0.3, 0.4) is 0 Å². The predicted molar refractivity (Wildman–Crippen MR) is 70.5 cm³/mol. The van der Waals surface area contributed by atoms with Gasteiger partial charge < -0.3 is 5.32 Å². The molecule has 3 atom stereocenters. The first-order valence-corrected chi connectivity index (χ1v) is 7.20. The van der Waals surface area contributed by atoms with Crippen LogP contribution in [-0.2, 0) is 0 Å². The van der Waals surface area contributed by atoms with Crippen molar-refractivity contribution in [2.24, 2.45) is 23.2 Å². The molecule has 3 unspecified atom stereocenters. The van der Waals surface area contributed by atoms with Crippen LogP contribution in [0.15, 0.2) is 0 Å². The van der Waals surface area contributed by atoms with Crippen LogP contribution in [-0.4, -0.2) is 12.6 Å². The van der Waals surface area contributed by atoms with Crippen molar-refractivity contribution in [2.75, 3.05) is 6.54 Å². The molecular weight excluding hydrogens is 194 g/mol. The molecule has 0 spiro atoms. The second-order valence-electron chi connectivity index (χ2n) is 7.33. The highest BCUT2D eigenvalue weighted by Gasteiger charge is 2.33. The van der Waals surface area contributed by atoms with Gasteiger partial charge in [-0.15, -0.1) is 0 Å². The molecule has 0 saturated heterocycles. The molecule has 16 heavy (non-hydrogen) atoms. The van der Waals surface area contributed by atoms with Gasteiger partial charge in [0.1, 0.15) is 0 Å². The Morgan fingerprint density at radius 1 is 1.25 bits per heavy atom. The molecule has 0 radical (unpaired) electrons. The van der Waals surface area contributed by atoms with Crippen LogP contribution in [0.5, 0.6) is 0 Å². The van der Waals surface area contributed by atoms with Crippen molar-refractivity contribution in [3.8, 4) is 0 Å². The minimum Gasteiger partial charge on any atom is -0.314 e. The molecule has 94 valence electrons. The minimum atomic E-state index is 0.554. The van der Waals surface area contributed by atoms with Crippen LogP contribution in [0, 0.1) is 23.2 Å². The maximum absolute atomic E-state index is 3.83. The fourth-order valence-corrected chi connectivity index (χ4v) is 3.69. The summed E-state index contributed by atoms with van der Waals surface area (Å²) in [7, 11) is 0. The summed E-state index contributed by atoms with van der Waals surface area (Å²) in [6.07, 6.45) is 7.13. The van der Waals surface area contributed by atoms with E-state index in [1.165, 1.54) is 38.6 Å². The lowest BCUT2D eigenvalue weighted by molar-refractivity contribution is 0.148. The Kier molecular flexibility index (Phi) is 3.63. The summed E-state index contributed by atoms with van der Waals surface area (Å²) in [6, 6.07) is 0.778. The highest BCUT2D eigenvalue weighted by Crippen LogP contribution is 2.39. The van der Waals surface area contributed by atoms with Gasteiger partial charge in [-0.25, -0.2) is 0 Å². The Morgan fingerprint density at radius 3 is 2.50 bits per heavy atom. The van der Waals surface area contributed by atoms with E-state index in [4.69, 9.17) is 0 Å². The van der Waals surface area contributed by atoms with E-state index >= 15 is 0 Å². The predicted octanol–water partition coefficient (Wildman–Crippen LogP) is 3.84. The maximum atomic E-state index is 3.83. The zero-order valence-electron chi connectivity index (χ0n) is 11.6. The van der Waals surface area contributed by atoms with Gasteiger partial charge in [0.2, 0.25) is 0 Å². The zero-order chi connectivity index (χ0) is 11.8. The second-order valence-corrected chi connectivity index (χ2v) is 7.33. The quantitative estimate of drug-likeness (QED) is 0.763. The molecule has 2 saturated carbocycles. The fourth-order valence-electron chi connectivity index (χ4n) is 3.69. The van der Waals surface area contributed by atoms with E-state index in [1.54, 1.807) is 0 Å². The SMILES string of the molecule is CC1CC(NCC(C)C2CC2)CC(C)(C)C1. The Morgan fingerprint density at radius 2 is 1.94 bits per heavy atom. The average Bonchev–Trinajstić information content (AvgIpc) is 2.93. The molecule has 0 aliphatic heterocycles. The first-order valence-electron chi connectivity index (χ1n) is 7.20. The molecule has 0 bridgehead atoms. The minimum absolute atomic E-state index is 0.554. The van der Waals surface area contributed by atoms with Crippen molar-refractivity contribution in [3.63, 3.8) is 0 Å². The molecule has 1 nitrogen and oxygen atoms in total. The van der Waals surface area contributed by atoms with Gasteiger partial charge in [-0.3, -0.25) is 0 Å². The largest absolute Gasteiger partial charge is 0.314 e. The lowest BCUT2D eigenvalue weighted by Gasteiger charge is -2.39. The third-order valence-corrected chi connectivity index (χ3v) is 4.54. The molecule has 2 rings (SSSR count). The highest BCUT2D eigenvalue weighted by atomic mass is 14.9. The van der Waals surface area contributed by atoms with Gasteiger partial charge in [0, 0.05) is 6.04 Å². The van der Waals surface area contributed by atoms with Crippen LogP contribution in [0.1, 0.15) is 59.8 Å². The van der Waals surface area contributed by atoms with Crippen molar-refractivity contribution in [3.05, 3.63) is 0 Å². The zero-order valence-corrected chi connectivity index (χ0v) is 11.6. The summed E-state index contributed by atoms with van der Waals surface area (Å²) in [5.74, 6) is 2.85. The Hall–Kier alpha value is -0.0400. The monoisotopic (exact) mass is 223 g/mol. The van der Waals surface area contributed by atoms with Gasteiger partial charge in [0.15, 0.2) is 0 Å². The van der Waals surface area contributed by atoms with Crippen molar-refractivity contribution in [1.82, 2.24) is 5.32 Å². The molecule has 2 fully saturated rings. The Bertz CT molecular complexity index is 230. The number of hydrogen-bond acceptors (Lipinski definition) is 1. The van der Waals surface area contributed by atoms with Crippen LogP contribution in [0.4, 0.5) is 0 Å². The summed E-state index contributed by atoms with van der Waals surface area (Å²) in [5.41, 5.74) is 0.554. The number of hydrogen-bond donors (Lipinski definition) is 1. The van der Waals surface area contributed by atoms with Crippen LogP contribution in [0.2, 0.25) is 0 Å². The van der Waals surface area contributed by atoms with Crippen molar-refractivity contribution in [1.29, 1.82) is 0 Å². The standard InChI is InChI=1S/C15H29N/c1-11-7-14(9-15(3,4)8-11)16-10-12(2)13-5-6-13/h11-14,16H,5-10H2,1-4H3. The van der Waals surface area contributed by atoms with Crippen LogP contribution >= 0.6 is 0 Å². The van der Waals surface area contributed by atoms with Gasteiger partial charge in [0.25, 0.3) is 0 Å². The van der Waals surface area contributed by atoms with E-state index in [2.05, 4.69) is 33.0 Å². The second kappa shape index (κ2) is 4.68. The molecule has 2 aliphatic rings. The Balaban J connectivity index is 1.75. The van der Waals surface area contributed by atoms with Crippen molar-refractivity contribution >= 4 is 0 Å². The summed E-state index contributed by atoms with van der Waals surface area (Å²) < 4.78 is 0. The third-order valence-electron chi connectivity index (χ3n) is 4.54. The van der Waals surface area contributed by atoms with E-state index in [-0.39, 0.29) is 0 Å². The highest BCUT2D eigenvalue weighted by molar-refractivity contribution is 4.88. The molecular formula is C15H29N. The summed E-state index contributed by atoms with van der Waals surface area (Å²) in [6.45, 7) is 10.9. The maximum Gasteiger partial charge on any atom is 0.00748 e. The molecule has 0 aromatic heterocycles. The summed E-state index contributed by atoms with van der Waals surface area (Å²) in [5, 5.41) is 3.83. The average molecular weight is 223 g/mol. The number of nitrogens with one attached hydrogen (secondary N) is 1.